The molecule has 2 nitrogen and oxygen atoms in total. The SMILES string of the molecule is CSCc1ccc(CCN2CCC(N3CCCCC3)CC2)cc1. The van der Waals surface area contributed by atoms with E-state index in [1.54, 1.807) is 0 Å². The van der Waals surface area contributed by atoms with Crippen LogP contribution in [0.2, 0.25) is 0 Å². The normalized spacial score (nSPS) is 21.6. The Balaban J connectivity index is 1.38. The molecule has 0 spiro atoms. The molecule has 3 rings (SSSR count). The van der Waals surface area contributed by atoms with Gasteiger partial charge in [0.2, 0.25) is 0 Å². The Hall–Kier alpha value is -0.510. The van der Waals surface area contributed by atoms with Crippen molar-refractivity contribution in [1.29, 1.82) is 0 Å². The first kappa shape index (κ1) is 17.3. The van der Waals surface area contributed by atoms with Gasteiger partial charge in [0.25, 0.3) is 0 Å². The highest BCUT2D eigenvalue weighted by Gasteiger charge is 2.25. The molecule has 1 aromatic rings. The third-order valence-electron chi connectivity index (χ3n) is 5.51. The number of hydrogen-bond acceptors (Lipinski definition) is 3. The highest BCUT2D eigenvalue weighted by molar-refractivity contribution is 7.97. The Morgan fingerprint density at radius 3 is 2.22 bits per heavy atom. The lowest BCUT2D eigenvalue weighted by atomic mass is 9.99. The summed E-state index contributed by atoms with van der Waals surface area (Å²) in [6, 6.07) is 10.1. The lowest BCUT2D eigenvalue weighted by molar-refractivity contribution is 0.0931. The van der Waals surface area contributed by atoms with Crippen LogP contribution in [0.15, 0.2) is 24.3 Å². The number of thioether (sulfide) groups is 1. The van der Waals surface area contributed by atoms with Crippen molar-refractivity contribution in [2.45, 2.75) is 50.3 Å². The van der Waals surface area contributed by atoms with Crippen molar-refractivity contribution >= 4 is 11.8 Å². The van der Waals surface area contributed by atoms with Gasteiger partial charge in [0.1, 0.15) is 0 Å². The molecule has 0 radical (unpaired) electrons. The molecule has 128 valence electrons. The quantitative estimate of drug-likeness (QED) is 0.776. The second-order valence-electron chi connectivity index (χ2n) is 7.17. The number of hydrogen-bond donors (Lipinski definition) is 0. The minimum atomic E-state index is 0.873. The summed E-state index contributed by atoms with van der Waals surface area (Å²) in [6.45, 7) is 6.53. The predicted molar refractivity (Wildman–Crippen MR) is 102 cm³/mol. The minimum absolute atomic E-state index is 0.873. The van der Waals surface area contributed by atoms with E-state index in [4.69, 9.17) is 0 Å². The molecule has 23 heavy (non-hydrogen) atoms. The molecule has 0 amide bonds. The van der Waals surface area contributed by atoms with Crippen molar-refractivity contribution < 1.29 is 0 Å². The average Bonchev–Trinajstić information content (AvgIpc) is 2.63. The molecular formula is C20H32N2S. The van der Waals surface area contributed by atoms with Crippen LogP contribution in [0.4, 0.5) is 0 Å². The summed E-state index contributed by atoms with van der Waals surface area (Å²) < 4.78 is 0. The Morgan fingerprint density at radius 2 is 1.57 bits per heavy atom. The van der Waals surface area contributed by atoms with E-state index in [1.165, 1.54) is 82.4 Å². The van der Waals surface area contributed by atoms with Crippen LogP contribution in [0, 0.1) is 0 Å². The largest absolute Gasteiger partial charge is 0.303 e. The fraction of sp³-hybridized carbons (Fsp3) is 0.700. The summed E-state index contributed by atoms with van der Waals surface area (Å²) in [4.78, 5) is 5.45. The number of rotatable bonds is 6. The van der Waals surface area contributed by atoms with Crippen LogP contribution in [0.25, 0.3) is 0 Å². The minimum Gasteiger partial charge on any atom is -0.303 e. The molecule has 2 saturated heterocycles. The highest BCUT2D eigenvalue weighted by atomic mass is 32.2. The molecular weight excluding hydrogens is 300 g/mol. The van der Waals surface area contributed by atoms with Crippen molar-refractivity contribution in [2.75, 3.05) is 39.0 Å². The fourth-order valence-corrected chi connectivity index (χ4v) is 4.57. The van der Waals surface area contributed by atoms with E-state index in [9.17, 15) is 0 Å². The predicted octanol–water partition coefficient (Wildman–Crippen LogP) is 4.04. The van der Waals surface area contributed by atoms with E-state index in [0.29, 0.717) is 0 Å². The second-order valence-corrected chi connectivity index (χ2v) is 8.03. The summed E-state index contributed by atoms with van der Waals surface area (Å²) in [5.41, 5.74) is 2.94. The standard InChI is InChI=1S/C20H32N2S/c1-23-17-19-7-5-18(6-8-19)9-14-21-15-10-20(11-16-21)22-12-3-2-4-13-22/h5-8,20H,2-4,9-17H2,1H3. The van der Waals surface area contributed by atoms with Gasteiger partial charge in [-0.15, -0.1) is 0 Å². The van der Waals surface area contributed by atoms with Crippen molar-refractivity contribution in [1.82, 2.24) is 9.80 Å². The molecule has 2 heterocycles. The monoisotopic (exact) mass is 332 g/mol. The Bertz CT molecular complexity index is 445. The van der Waals surface area contributed by atoms with Gasteiger partial charge in [0, 0.05) is 18.3 Å². The van der Waals surface area contributed by atoms with E-state index in [0.717, 1.165) is 11.8 Å². The molecule has 3 heteroatoms. The van der Waals surface area contributed by atoms with Gasteiger partial charge in [0.05, 0.1) is 0 Å². The smallest absolute Gasteiger partial charge is 0.0181 e. The highest BCUT2D eigenvalue weighted by Crippen LogP contribution is 2.21. The van der Waals surface area contributed by atoms with Gasteiger partial charge in [0.15, 0.2) is 0 Å². The number of likely N-dealkylation sites (tertiary alicyclic amines) is 2. The topological polar surface area (TPSA) is 6.48 Å². The van der Waals surface area contributed by atoms with Crippen LogP contribution < -0.4 is 0 Å². The van der Waals surface area contributed by atoms with Crippen molar-refractivity contribution in [2.24, 2.45) is 0 Å². The number of nitrogens with zero attached hydrogens (tertiary/aromatic N) is 2. The van der Waals surface area contributed by atoms with Gasteiger partial charge in [-0.05, 0) is 75.7 Å². The fourth-order valence-electron chi connectivity index (χ4n) is 4.05. The molecule has 0 unspecified atom stereocenters. The zero-order valence-electron chi connectivity index (χ0n) is 14.7. The van der Waals surface area contributed by atoms with E-state index in [1.807, 2.05) is 11.8 Å². The molecule has 2 fully saturated rings. The summed E-state index contributed by atoms with van der Waals surface area (Å²) >= 11 is 1.90. The van der Waals surface area contributed by atoms with Gasteiger partial charge in [-0.25, -0.2) is 0 Å². The molecule has 0 atom stereocenters. The van der Waals surface area contributed by atoms with Crippen molar-refractivity contribution in [3.05, 3.63) is 35.4 Å². The molecule has 0 N–H and O–H groups in total. The summed E-state index contributed by atoms with van der Waals surface area (Å²) in [6.07, 6.45) is 10.4. The Morgan fingerprint density at radius 1 is 0.913 bits per heavy atom. The van der Waals surface area contributed by atoms with Crippen LogP contribution in [-0.4, -0.2) is 54.8 Å². The first-order chi connectivity index (χ1) is 11.3. The average molecular weight is 333 g/mol. The van der Waals surface area contributed by atoms with E-state index >= 15 is 0 Å². The van der Waals surface area contributed by atoms with Crippen molar-refractivity contribution in [3.8, 4) is 0 Å². The summed E-state index contributed by atoms with van der Waals surface area (Å²) in [5.74, 6) is 1.13. The molecule has 0 aliphatic carbocycles. The zero-order valence-corrected chi connectivity index (χ0v) is 15.5. The lowest BCUT2D eigenvalue weighted by Gasteiger charge is -2.40. The Kier molecular flexibility index (Phi) is 6.85. The van der Waals surface area contributed by atoms with Gasteiger partial charge in [-0.1, -0.05) is 30.7 Å². The van der Waals surface area contributed by atoms with Crippen LogP contribution >= 0.6 is 11.8 Å². The van der Waals surface area contributed by atoms with E-state index in [2.05, 4.69) is 40.3 Å². The molecule has 1 aromatic carbocycles. The molecule has 0 saturated carbocycles. The maximum absolute atomic E-state index is 2.77. The van der Waals surface area contributed by atoms with Gasteiger partial charge >= 0.3 is 0 Å². The first-order valence-electron chi connectivity index (χ1n) is 9.38. The third kappa shape index (κ3) is 5.23. The molecule has 0 aromatic heterocycles. The van der Waals surface area contributed by atoms with E-state index < -0.39 is 0 Å². The third-order valence-corrected chi connectivity index (χ3v) is 6.14. The van der Waals surface area contributed by atoms with Gasteiger partial charge in [-0.2, -0.15) is 11.8 Å². The van der Waals surface area contributed by atoms with Crippen LogP contribution in [0.1, 0.15) is 43.2 Å². The van der Waals surface area contributed by atoms with E-state index in [-0.39, 0.29) is 0 Å². The summed E-state index contributed by atoms with van der Waals surface area (Å²) in [5, 5.41) is 0. The van der Waals surface area contributed by atoms with Crippen molar-refractivity contribution in [3.63, 3.8) is 0 Å². The first-order valence-corrected chi connectivity index (χ1v) is 10.8. The van der Waals surface area contributed by atoms with Crippen LogP contribution in [-0.2, 0) is 12.2 Å². The maximum atomic E-state index is 2.77. The van der Waals surface area contributed by atoms with Crippen LogP contribution in [0.5, 0.6) is 0 Å². The second kappa shape index (κ2) is 9.10. The molecule has 2 aliphatic rings. The molecule has 0 bridgehead atoms. The van der Waals surface area contributed by atoms with Crippen LogP contribution in [0.3, 0.4) is 0 Å². The number of benzene rings is 1. The lowest BCUT2D eigenvalue weighted by Crippen LogP contribution is -2.47. The van der Waals surface area contributed by atoms with Gasteiger partial charge in [-0.3, -0.25) is 0 Å². The maximum Gasteiger partial charge on any atom is 0.0181 e. The Labute approximate surface area is 146 Å². The number of piperidine rings is 2. The molecule has 2 aliphatic heterocycles. The van der Waals surface area contributed by atoms with Gasteiger partial charge < -0.3 is 9.80 Å². The zero-order chi connectivity index (χ0) is 15.9. The summed E-state index contributed by atoms with van der Waals surface area (Å²) in [7, 11) is 0.